The minimum absolute atomic E-state index is 0.0202. The number of hydrogen-bond donors (Lipinski definition) is 0. The van der Waals surface area contributed by atoms with E-state index < -0.39 is 17.2 Å². The maximum atomic E-state index is 12.5. The van der Waals surface area contributed by atoms with Crippen molar-refractivity contribution in [2.24, 2.45) is 0 Å². The predicted molar refractivity (Wildman–Crippen MR) is 48.9 cm³/mol. The van der Waals surface area contributed by atoms with E-state index in [1.165, 1.54) is 6.20 Å². The van der Waals surface area contributed by atoms with Crippen LogP contribution in [-0.4, -0.2) is 10.2 Å². The molecule has 0 bridgehead atoms. The smallest absolute Gasteiger partial charge is 0.266 e. The third kappa shape index (κ3) is 2.19. The molecule has 76 valence electrons. The first kappa shape index (κ1) is 11.3. The molecule has 1 aromatic heterocycles. The average Bonchev–Trinajstić information content (AvgIpc) is 2.16. The van der Waals surface area contributed by atoms with Gasteiger partial charge in [0.2, 0.25) is 0 Å². The number of carbonyl (C=O) groups excluding carboxylic acids is 1. The summed E-state index contributed by atoms with van der Waals surface area (Å²) < 4.78 is 25.1. The molecule has 0 N–H and O–H groups in total. The van der Waals surface area contributed by atoms with Gasteiger partial charge in [-0.2, -0.15) is 0 Å². The molecule has 0 aliphatic rings. The van der Waals surface area contributed by atoms with Crippen molar-refractivity contribution in [1.29, 1.82) is 0 Å². The second-order valence-electron chi connectivity index (χ2n) is 2.43. The lowest BCUT2D eigenvalue weighted by Crippen LogP contribution is -2.04. The number of hydrogen-bond acceptors (Lipinski definition) is 2. The van der Waals surface area contributed by atoms with Gasteiger partial charge in [-0.3, -0.25) is 9.78 Å². The predicted octanol–water partition coefficient (Wildman–Crippen LogP) is 3.14. The Morgan fingerprint density at radius 1 is 1.57 bits per heavy atom. The zero-order valence-electron chi connectivity index (χ0n) is 6.81. The third-order valence-electron chi connectivity index (χ3n) is 1.63. The van der Waals surface area contributed by atoms with Crippen molar-refractivity contribution in [2.75, 3.05) is 0 Å². The molecule has 1 heterocycles. The van der Waals surface area contributed by atoms with Gasteiger partial charge >= 0.3 is 0 Å². The summed E-state index contributed by atoms with van der Waals surface area (Å²) in [4.78, 5) is 14.4. The first-order chi connectivity index (χ1) is 6.57. The summed E-state index contributed by atoms with van der Waals surface area (Å²) in [6.45, 7) is 0. The van der Waals surface area contributed by atoms with Gasteiger partial charge in [-0.1, -0.05) is 0 Å². The quantitative estimate of drug-likeness (QED) is 0.600. The highest BCUT2D eigenvalue weighted by Crippen LogP contribution is 2.27. The molecule has 0 fully saturated rings. The van der Waals surface area contributed by atoms with Crippen molar-refractivity contribution in [3.63, 3.8) is 0 Å². The van der Waals surface area contributed by atoms with Crippen molar-refractivity contribution >= 4 is 28.4 Å². The van der Waals surface area contributed by atoms with Crippen molar-refractivity contribution in [1.82, 2.24) is 4.98 Å². The van der Waals surface area contributed by atoms with Gasteiger partial charge in [0.25, 0.3) is 11.7 Å². The number of aromatic nitrogens is 1. The van der Waals surface area contributed by atoms with Gasteiger partial charge in [0.15, 0.2) is 0 Å². The molecule has 1 rings (SSSR count). The van der Waals surface area contributed by atoms with Crippen LogP contribution < -0.4 is 0 Å². The number of carbonyl (C=O) groups is 1. The highest BCUT2D eigenvalue weighted by atomic mass is 35.5. The van der Waals surface area contributed by atoms with E-state index in [0.29, 0.717) is 0 Å². The van der Waals surface area contributed by atoms with Gasteiger partial charge in [0, 0.05) is 11.8 Å². The summed E-state index contributed by atoms with van der Waals surface area (Å²) >= 11 is 10.5. The molecule has 0 aromatic carbocycles. The standard InChI is InChI=1S/C8H5Cl2F2NO/c9-3-5-6(8(11)12)4(7(10)14)1-2-13-5/h1-2,8H,3H2. The maximum Gasteiger partial charge on any atom is 0.266 e. The number of alkyl halides is 3. The lowest BCUT2D eigenvalue weighted by molar-refractivity contribution is 0.106. The van der Waals surface area contributed by atoms with Crippen molar-refractivity contribution < 1.29 is 13.6 Å². The second-order valence-corrected chi connectivity index (χ2v) is 3.04. The van der Waals surface area contributed by atoms with Crippen LogP contribution in [0.25, 0.3) is 0 Å². The first-order valence-electron chi connectivity index (χ1n) is 3.59. The molecule has 14 heavy (non-hydrogen) atoms. The SMILES string of the molecule is O=C(Cl)c1ccnc(CCl)c1C(F)F. The molecule has 0 amide bonds. The molecule has 0 spiro atoms. The Morgan fingerprint density at radius 3 is 2.64 bits per heavy atom. The van der Waals surface area contributed by atoms with Crippen LogP contribution in [0.4, 0.5) is 8.78 Å². The Labute approximate surface area is 88.8 Å². The Hall–Kier alpha value is -0.740. The molecular formula is C8H5Cl2F2NO. The van der Waals surface area contributed by atoms with Crippen LogP contribution >= 0.6 is 23.2 Å². The normalized spacial score (nSPS) is 10.6. The van der Waals surface area contributed by atoms with Crippen molar-refractivity contribution in [3.05, 3.63) is 29.1 Å². The van der Waals surface area contributed by atoms with Crippen molar-refractivity contribution in [3.8, 4) is 0 Å². The summed E-state index contributed by atoms with van der Waals surface area (Å²) in [6, 6.07) is 1.15. The number of rotatable bonds is 3. The minimum Gasteiger partial charge on any atom is -0.276 e. The average molecular weight is 240 g/mol. The molecule has 0 saturated heterocycles. The number of halogens is 4. The molecule has 2 nitrogen and oxygen atoms in total. The van der Waals surface area contributed by atoms with Gasteiger partial charge in [-0.15, -0.1) is 11.6 Å². The Balaban J connectivity index is 3.35. The molecule has 1 aromatic rings. The summed E-state index contributed by atoms with van der Waals surface area (Å²) in [5, 5.41) is -0.936. The van der Waals surface area contributed by atoms with E-state index in [-0.39, 0.29) is 17.1 Å². The van der Waals surface area contributed by atoms with Gasteiger partial charge in [0.1, 0.15) is 0 Å². The summed E-state index contributed by atoms with van der Waals surface area (Å²) in [6.07, 6.45) is -1.59. The highest BCUT2D eigenvalue weighted by molar-refractivity contribution is 6.67. The van der Waals surface area contributed by atoms with Gasteiger partial charge in [-0.05, 0) is 17.7 Å². The third-order valence-corrected chi connectivity index (χ3v) is 2.09. The molecule has 0 atom stereocenters. The van der Waals surface area contributed by atoms with Crippen LogP contribution in [0, 0.1) is 0 Å². The van der Waals surface area contributed by atoms with Crippen molar-refractivity contribution in [2.45, 2.75) is 12.3 Å². The monoisotopic (exact) mass is 239 g/mol. The van der Waals surface area contributed by atoms with Gasteiger partial charge < -0.3 is 0 Å². The second kappa shape index (κ2) is 4.66. The fraction of sp³-hybridized carbons (Fsp3) is 0.250. The van der Waals surface area contributed by atoms with Gasteiger partial charge in [-0.25, -0.2) is 8.78 Å². The largest absolute Gasteiger partial charge is 0.276 e. The van der Waals surface area contributed by atoms with Crippen LogP contribution in [0.15, 0.2) is 12.3 Å². The van der Waals surface area contributed by atoms with E-state index >= 15 is 0 Å². The fourth-order valence-electron chi connectivity index (χ4n) is 1.04. The number of pyridine rings is 1. The summed E-state index contributed by atoms with van der Waals surface area (Å²) in [5.74, 6) is -0.183. The highest BCUT2D eigenvalue weighted by Gasteiger charge is 2.21. The van der Waals surface area contributed by atoms with Crippen LogP contribution in [0.2, 0.25) is 0 Å². The molecule has 0 aliphatic heterocycles. The molecule has 0 radical (unpaired) electrons. The molecule has 0 unspecified atom stereocenters. The lowest BCUT2D eigenvalue weighted by Gasteiger charge is -2.08. The van der Waals surface area contributed by atoms with Crippen LogP contribution in [0.3, 0.4) is 0 Å². The van der Waals surface area contributed by atoms with E-state index in [1.54, 1.807) is 0 Å². The molecule has 6 heteroatoms. The fourth-order valence-corrected chi connectivity index (χ4v) is 1.42. The Kier molecular flexibility index (Phi) is 3.77. The Morgan fingerprint density at radius 2 is 2.21 bits per heavy atom. The first-order valence-corrected chi connectivity index (χ1v) is 4.51. The molecule has 0 saturated carbocycles. The summed E-state index contributed by atoms with van der Waals surface area (Å²) in [7, 11) is 0. The molecular weight excluding hydrogens is 235 g/mol. The zero-order chi connectivity index (χ0) is 10.7. The van der Waals surface area contributed by atoms with Crippen LogP contribution in [0.5, 0.6) is 0 Å². The maximum absolute atomic E-state index is 12.5. The van der Waals surface area contributed by atoms with Gasteiger partial charge in [0.05, 0.1) is 17.1 Å². The van der Waals surface area contributed by atoms with E-state index in [0.717, 1.165) is 6.07 Å². The van der Waals surface area contributed by atoms with Crippen LogP contribution in [0.1, 0.15) is 28.0 Å². The Bertz CT molecular complexity index is 357. The summed E-state index contributed by atoms with van der Waals surface area (Å²) in [5.41, 5.74) is -0.747. The molecule has 0 aliphatic carbocycles. The zero-order valence-corrected chi connectivity index (χ0v) is 8.32. The minimum atomic E-state index is -2.81. The van der Waals surface area contributed by atoms with E-state index in [4.69, 9.17) is 23.2 Å². The van der Waals surface area contributed by atoms with E-state index in [9.17, 15) is 13.6 Å². The topological polar surface area (TPSA) is 30.0 Å². The van der Waals surface area contributed by atoms with E-state index in [1.807, 2.05) is 0 Å². The lowest BCUT2D eigenvalue weighted by atomic mass is 10.1. The van der Waals surface area contributed by atoms with E-state index in [2.05, 4.69) is 4.98 Å². The van der Waals surface area contributed by atoms with Crippen LogP contribution in [-0.2, 0) is 5.88 Å². The number of nitrogens with zero attached hydrogens (tertiary/aromatic N) is 1.